The van der Waals surface area contributed by atoms with Gasteiger partial charge in [0, 0.05) is 12.5 Å². The second-order valence-corrected chi connectivity index (χ2v) is 5.83. The number of aryl methyl sites for hydroxylation is 1. The van der Waals surface area contributed by atoms with E-state index in [9.17, 15) is 19.1 Å². The van der Waals surface area contributed by atoms with E-state index in [0.717, 1.165) is 0 Å². The third-order valence-electron chi connectivity index (χ3n) is 4.05. The zero-order valence-electron chi connectivity index (χ0n) is 12.5. The van der Waals surface area contributed by atoms with Gasteiger partial charge >= 0.3 is 5.97 Å². The van der Waals surface area contributed by atoms with Crippen molar-refractivity contribution in [3.8, 4) is 0 Å². The van der Waals surface area contributed by atoms with Crippen LogP contribution in [0.2, 0.25) is 0 Å². The van der Waals surface area contributed by atoms with Gasteiger partial charge in [0.1, 0.15) is 5.82 Å². The summed E-state index contributed by atoms with van der Waals surface area (Å²) in [6, 6.07) is 3.95. The van der Waals surface area contributed by atoms with E-state index in [1.54, 1.807) is 24.0 Å². The summed E-state index contributed by atoms with van der Waals surface area (Å²) in [5, 5.41) is 9.45. The summed E-state index contributed by atoms with van der Waals surface area (Å²) in [5.41, 5.74) is 1.05. The van der Waals surface area contributed by atoms with E-state index in [-0.39, 0.29) is 30.6 Å². The number of piperidine rings is 1. The Morgan fingerprint density at radius 3 is 2.62 bits per heavy atom. The number of hydrogen-bond acceptors (Lipinski definition) is 2. The smallest absolute Gasteiger partial charge is 0.308 e. The number of rotatable bonds is 3. The number of amides is 1. The molecule has 0 saturated carbocycles. The minimum Gasteiger partial charge on any atom is -0.481 e. The molecule has 4 nitrogen and oxygen atoms in total. The van der Waals surface area contributed by atoms with Crippen molar-refractivity contribution >= 4 is 11.9 Å². The molecule has 1 heterocycles. The van der Waals surface area contributed by atoms with E-state index in [2.05, 4.69) is 0 Å². The average molecular weight is 293 g/mol. The third-order valence-corrected chi connectivity index (χ3v) is 4.05. The lowest BCUT2D eigenvalue weighted by atomic mass is 9.83. The van der Waals surface area contributed by atoms with Crippen molar-refractivity contribution in [1.29, 1.82) is 0 Å². The number of carboxylic acid groups (broad SMARTS) is 1. The van der Waals surface area contributed by atoms with E-state index in [4.69, 9.17) is 0 Å². The van der Waals surface area contributed by atoms with Crippen LogP contribution in [0.4, 0.5) is 4.39 Å². The maximum atomic E-state index is 13.8. The first-order valence-corrected chi connectivity index (χ1v) is 7.13. The van der Waals surface area contributed by atoms with Crippen LogP contribution in [0.15, 0.2) is 18.2 Å². The van der Waals surface area contributed by atoms with Gasteiger partial charge in [-0.25, -0.2) is 4.39 Å². The van der Waals surface area contributed by atoms with Crippen molar-refractivity contribution in [1.82, 2.24) is 4.90 Å². The number of aliphatic carboxylic acids is 1. The number of halogens is 1. The van der Waals surface area contributed by atoms with Gasteiger partial charge in [-0.15, -0.1) is 0 Å². The predicted molar refractivity (Wildman–Crippen MR) is 76.2 cm³/mol. The van der Waals surface area contributed by atoms with Crippen molar-refractivity contribution in [3.63, 3.8) is 0 Å². The van der Waals surface area contributed by atoms with Crippen molar-refractivity contribution in [2.24, 2.45) is 5.92 Å². The number of nitrogens with zero attached hydrogens (tertiary/aromatic N) is 1. The number of carbonyl (C=O) groups is 2. The Morgan fingerprint density at radius 1 is 1.43 bits per heavy atom. The van der Waals surface area contributed by atoms with Gasteiger partial charge in [0.05, 0.1) is 12.0 Å². The van der Waals surface area contributed by atoms with Gasteiger partial charge < -0.3 is 10.0 Å². The highest BCUT2D eigenvalue weighted by atomic mass is 19.1. The van der Waals surface area contributed by atoms with Crippen LogP contribution in [0.5, 0.6) is 0 Å². The number of carbonyl (C=O) groups excluding carboxylic acids is 1. The Morgan fingerprint density at radius 2 is 2.10 bits per heavy atom. The van der Waals surface area contributed by atoms with Gasteiger partial charge in [-0.2, -0.15) is 0 Å². The predicted octanol–water partition coefficient (Wildman–Crippen LogP) is 2.91. The third kappa shape index (κ3) is 2.91. The lowest BCUT2D eigenvalue weighted by Crippen LogP contribution is -2.48. The van der Waals surface area contributed by atoms with Crippen LogP contribution in [0.1, 0.15) is 43.9 Å². The molecule has 0 aliphatic carbocycles. The fourth-order valence-corrected chi connectivity index (χ4v) is 2.97. The summed E-state index contributed by atoms with van der Waals surface area (Å²) in [5.74, 6) is -2.10. The molecular formula is C16H20FNO3. The van der Waals surface area contributed by atoms with E-state index in [1.165, 1.54) is 6.07 Å². The van der Waals surface area contributed by atoms with Crippen LogP contribution in [0, 0.1) is 18.7 Å². The molecule has 1 saturated heterocycles. The van der Waals surface area contributed by atoms with E-state index < -0.39 is 17.9 Å². The molecule has 1 aliphatic rings. The van der Waals surface area contributed by atoms with Crippen LogP contribution in [-0.4, -0.2) is 27.9 Å². The molecule has 2 rings (SSSR count). The molecule has 0 bridgehead atoms. The monoisotopic (exact) mass is 293 g/mol. The summed E-state index contributed by atoms with van der Waals surface area (Å²) in [6.45, 7) is 5.35. The molecule has 1 aliphatic heterocycles. The highest BCUT2D eigenvalue weighted by molar-refractivity contribution is 5.82. The van der Waals surface area contributed by atoms with Crippen LogP contribution in [0.25, 0.3) is 0 Å². The van der Waals surface area contributed by atoms with Crippen molar-refractivity contribution in [2.45, 2.75) is 45.7 Å². The van der Waals surface area contributed by atoms with Gasteiger partial charge in [0.15, 0.2) is 0 Å². The fourth-order valence-electron chi connectivity index (χ4n) is 2.97. The lowest BCUT2D eigenvalue weighted by Gasteiger charge is -2.42. The minimum atomic E-state index is -0.945. The van der Waals surface area contributed by atoms with Crippen LogP contribution in [0.3, 0.4) is 0 Å². The molecule has 0 spiro atoms. The summed E-state index contributed by atoms with van der Waals surface area (Å²) in [7, 11) is 0. The summed E-state index contributed by atoms with van der Waals surface area (Å²) in [6.07, 6.45) is 0.511. The Kier molecular flexibility index (Phi) is 4.30. The lowest BCUT2D eigenvalue weighted by molar-refractivity contribution is -0.153. The number of hydrogen-bond donors (Lipinski definition) is 1. The highest BCUT2D eigenvalue weighted by Crippen LogP contribution is 2.38. The summed E-state index contributed by atoms with van der Waals surface area (Å²) >= 11 is 0. The SMILES string of the molecule is Cc1ccc(C2C(C(=O)O)CCC(=O)N2C(C)C)cc1F. The topological polar surface area (TPSA) is 57.6 Å². The molecular weight excluding hydrogens is 273 g/mol. The first kappa shape index (κ1) is 15.5. The quantitative estimate of drug-likeness (QED) is 0.932. The molecule has 2 atom stereocenters. The van der Waals surface area contributed by atoms with Crippen molar-refractivity contribution < 1.29 is 19.1 Å². The maximum absolute atomic E-state index is 13.8. The molecule has 1 aromatic carbocycles. The maximum Gasteiger partial charge on any atom is 0.308 e. The standard InChI is InChI=1S/C16H20FNO3/c1-9(2)18-14(19)7-6-12(16(20)21)15(18)11-5-4-10(3)13(17)8-11/h4-5,8-9,12,15H,6-7H2,1-3H3,(H,20,21). The molecule has 1 aromatic rings. The second kappa shape index (κ2) is 5.84. The van der Waals surface area contributed by atoms with Crippen LogP contribution < -0.4 is 0 Å². The molecule has 0 radical (unpaired) electrons. The first-order valence-electron chi connectivity index (χ1n) is 7.13. The summed E-state index contributed by atoms with van der Waals surface area (Å²) < 4.78 is 13.8. The highest BCUT2D eigenvalue weighted by Gasteiger charge is 2.41. The van der Waals surface area contributed by atoms with Gasteiger partial charge in [0.25, 0.3) is 0 Å². The number of likely N-dealkylation sites (tertiary alicyclic amines) is 1. The fraction of sp³-hybridized carbons (Fsp3) is 0.500. The van der Waals surface area contributed by atoms with Gasteiger partial charge in [-0.1, -0.05) is 12.1 Å². The minimum absolute atomic E-state index is 0.0755. The molecule has 21 heavy (non-hydrogen) atoms. The molecule has 1 amide bonds. The molecule has 0 aromatic heterocycles. The molecule has 1 fully saturated rings. The van der Waals surface area contributed by atoms with Crippen LogP contribution in [-0.2, 0) is 9.59 Å². The first-order chi connectivity index (χ1) is 9.82. The number of benzene rings is 1. The molecule has 114 valence electrons. The van der Waals surface area contributed by atoms with Crippen LogP contribution >= 0.6 is 0 Å². The second-order valence-electron chi connectivity index (χ2n) is 5.83. The molecule has 2 unspecified atom stereocenters. The zero-order valence-corrected chi connectivity index (χ0v) is 12.5. The normalized spacial score (nSPS) is 22.7. The molecule has 1 N–H and O–H groups in total. The summed E-state index contributed by atoms with van der Waals surface area (Å²) in [4.78, 5) is 25.3. The zero-order chi connectivity index (χ0) is 15.7. The van der Waals surface area contributed by atoms with E-state index in [1.807, 2.05) is 13.8 Å². The molecule has 5 heteroatoms. The van der Waals surface area contributed by atoms with Crippen molar-refractivity contribution in [2.75, 3.05) is 0 Å². The van der Waals surface area contributed by atoms with Gasteiger partial charge in [-0.05, 0) is 44.4 Å². The van der Waals surface area contributed by atoms with Crippen molar-refractivity contribution in [3.05, 3.63) is 35.1 Å². The van der Waals surface area contributed by atoms with Gasteiger partial charge in [0.2, 0.25) is 5.91 Å². The Bertz CT molecular complexity index is 571. The van der Waals surface area contributed by atoms with E-state index >= 15 is 0 Å². The van der Waals surface area contributed by atoms with E-state index in [0.29, 0.717) is 11.1 Å². The Hall–Kier alpha value is -1.91. The Labute approximate surface area is 123 Å². The number of carboxylic acids is 1. The van der Waals surface area contributed by atoms with Gasteiger partial charge in [-0.3, -0.25) is 9.59 Å². The largest absolute Gasteiger partial charge is 0.481 e. The Balaban J connectivity index is 2.51. The average Bonchev–Trinajstić information content (AvgIpc) is 2.40.